The van der Waals surface area contributed by atoms with Gasteiger partial charge in [-0.2, -0.15) is 0 Å². The van der Waals surface area contributed by atoms with Crippen LogP contribution in [0.15, 0.2) is 0 Å². The van der Waals surface area contributed by atoms with Gasteiger partial charge in [-0.1, -0.05) is 0 Å². The van der Waals surface area contributed by atoms with Crippen molar-refractivity contribution in [3.8, 4) is 0 Å². The van der Waals surface area contributed by atoms with Gasteiger partial charge in [0.05, 0.1) is 31.5 Å². The number of ether oxygens (including phenoxy) is 3. The Morgan fingerprint density at radius 3 is 2.43 bits per heavy atom. The van der Waals surface area contributed by atoms with Crippen molar-refractivity contribution in [1.29, 1.82) is 0 Å². The van der Waals surface area contributed by atoms with E-state index in [4.69, 9.17) is 14.2 Å². The fourth-order valence-electron chi connectivity index (χ4n) is 4.92. The molecule has 1 amide bonds. The maximum Gasteiger partial charge on any atom is 0.217 e. The summed E-state index contributed by atoms with van der Waals surface area (Å²) in [4.78, 5) is 11.8. The molecule has 4 bridgehead atoms. The summed E-state index contributed by atoms with van der Waals surface area (Å²) in [6, 6.07) is -0.892. The van der Waals surface area contributed by atoms with Gasteiger partial charge >= 0.3 is 0 Å². The summed E-state index contributed by atoms with van der Waals surface area (Å²) in [5, 5.41) is 55.0. The van der Waals surface area contributed by atoms with Crippen LogP contribution in [0.1, 0.15) is 26.7 Å². The Bertz CT molecular complexity index is 561. The fourth-order valence-corrected chi connectivity index (χ4v) is 4.92. The number of carbonyl (C=O) groups is 1. The van der Waals surface area contributed by atoms with Crippen molar-refractivity contribution in [3.63, 3.8) is 0 Å². The van der Waals surface area contributed by atoms with E-state index in [0.29, 0.717) is 12.8 Å². The number of rotatable bonds is 3. The molecule has 0 saturated carbocycles. The first-order valence-corrected chi connectivity index (χ1v) is 9.72. The molecule has 0 radical (unpaired) electrons. The molecule has 6 aliphatic heterocycles. The summed E-state index contributed by atoms with van der Waals surface area (Å²) in [6.07, 6.45) is -6.46. The lowest BCUT2D eigenvalue weighted by atomic mass is 9.68. The van der Waals surface area contributed by atoms with Gasteiger partial charge in [0.2, 0.25) is 5.91 Å². The number of carbonyl (C=O) groups excluding carboxylic acids is 1. The molecule has 10 atom stereocenters. The minimum absolute atomic E-state index is 0.190. The van der Waals surface area contributed by atoms with E-state index < -0.39 is 79.4 Å². The van der Waals surface area contributed by atoms with Crippen molar-refractivity contribution < 1.29 is 44.5 Å². The van der Waals surface area contributed by atoms with E-state index in [1.807, 2.05) is 0 Å². The van der Waals surface area contributed by atoms with Crippen LogP contribution < -0.4 is 5.32 Å². The largest absolute Gasteiger partial charge is 0.394 e. The van der Waals surface area contributed by atoms with Crippen LogP contribution in [-0.4, -0.2) is 106 Å². The fraction of sp³-hybridized carbons (Fsp3) is 0.944. The topological polar surface area (TPSA) is 158 Å². The van der Waals surface area contributed by atoms with Crippen molar-refractivity contribution in [2.24, 2.45) is 5.92 Å². The van der Waals surface area contributed by atoms with Crippen LogP contribution in [0.3, 0.4) is 0 Å². The normalized spacial score (nSPS) is 49.3. The van der Waals surface area contributed by atoms with Crippen LogP contribution >= 0.6 is 0 Å². The van der Waals surface area contributed by atoms with E-state index in [-0.39, 0.29) is 6.61 Å². The quantitative estimate of drug-likeness (QED) is 0.293. The standard InChI is InChI=1S/C18H31NO9/c1-8(22)19-13-12-10(6-20)27-9(14(13)23)4-3-5-26-16-11(7-21)28-18(12,2)17(25)15(16)24/h9-17,20-21,23-25H,3-7H2,1-2H3,(H,19,22)/t9-,10-,11-,12?,13-,14-,15+,16-,17-,18+/m1/s1. The Labute approximate surface area is 163 Å². The molecule has 6 heterocycles. The van der Waals surface area contributed by atoms with Crippen molar-refractivity contribution in [2.75, 3.05) is 19.8 Å². The van der Waals surface area contributed by atoms with Gasteiger partial charge in [-0.15, -0.1) is 0 Å². The van der Waals surface area contributed by atoms with Crippen molar-refractivity contribution in [3.05, 3.63) is 0 Å². The third-order valence-electron chi connectivity index (χ3n) is 6.24. The maximum absolute atomic E-state index is 11.8. The second kappa shape index (κ2) is 8.49. The second-order valence-electron chi connectivity index (χ2n) is 8.07. The van der Waals surface area contributed by atoms with E-state index in [2.05, 4.69) is 5.32 Å². The van der Waals surface area contributed by atoms with E-state index in [1.54, 1.807) is 0 Å². The Morgan fingerprint density at radius 2 is 1.82 bits per heavy atom. The second-order valence-corrected chi connectivity index (χ2v) is 8.07. The SMILES string of the molecule is CC(=O)N[C@@H]1C2[C@@H](CO)O[C@H](CCCO[C@H]3[C@H](O)[C@@H](O)[C@@]2(C)O[C@@H]3CO)[C@H]1O. The lowest BCUT2D eigenvalue weighted by Gasteiger charge is -2.57. The first kappa shape index (κ1) is 21.8. The lowest BCUT2D eigenvalue weighted by molar-refractivity contribution is -0.321. The molecule has 6 saturated heterocycles. The highest BCUT2D eigenvalue weighted by Gasteiger charge is 2.62. The minimum atomic E-state index is -1.54. The van der Waals surface area contributed by atoms with Crippen molar-refractivity contribution >= 4 is 5.91 Å². The van der Waals surface area contributed by atoms with Gasteiger partial charge in [0.25, 0.3) is 0 Å². The van der Waals surface area contributed by atoms with Gasteiger partial charge in [0, 0.05) is 19.4 Å². The predicted octanol–water partition coefficient (Wildman–Crippen LogP) is -2.72. The molecule has 10 heteroatoms. The highest BCUT2D eigenvalue weighted by molar-refractivity contribution is 5.73. The molecule has 0 aromatic heterocycles. The van der Waals surface area contributed by atoms with E-state index >= 15 is 0 Å². The minimum Gasteiger partial charge on any atom is -0.394 e. The molecule has 6 N–H and O–H groups in total. The molecule has 0 aliphatic carbocycles. The summed E-state index contributed by atoms with van der Waals surface area (Å²) in [5.41, 5.74) is -1.54. The van der Waals surface area contributed by atoms with Crippen LogP contribution in [0.5, 0.6) is 0 Å². The van der Waals surface area contributed by atoms with E-state index in [9.17, 15) is 30.3 Å². The number of aliphatic hydroxyl groups excluding tert-OH is 5. The molecule has 10 nitrogen and oxygen atoms in total. The molecule has 6 fully saturated rings. The first-order chi connectivity index (χ1) is 13.2. The Hall–Kier alpha value is -0.850. The van der Waals surface area contributed by atoms with Crippen LogP contribution in [0.4, 0.5) is 0 Å². The van der Waals surface area contributed by atoms with Gasteiger partial charge in [-0.3, -0.25) is 4.79 Å². The number of aliphatic hydroxyl groups is 5. The highest BCUT2D eigenvalue weighted by Crippen LogP contribution is 2.44. The van der Waals surface area contributed by atoms with Gasteiger partial charge in [-0.25, -0.2) is 0 Å². The zero-order chi connectivity index (χ0) is 20.6. The number of amides is 1. The lowest BCUT2D eigenvalue weighted by Crippen LogP contribution is -2.75. The van der Waals surface area contributed by atoms with Gasteiger partial charge < -0.3 is 45.1 Å². The Morgan fingerprint density at radius 1 is 1.14 bits per heavy atom. The van der Waals surface area contributed by atoms with Gasteiger partial charge in [0.15, 0.2) is 0 Å². The maximum atomic E-state index is 11.8. The number of nitrogens with one attached hydrogen (secondary N) is 1. The molecule has 162 valence electrons. The third-order valence-corrected chi connectivity index (χ3v) is 6.24. The Kier molecular flexibility index (Phi) is 6.62. The number of hydrogen-bond donors (Lipinski definition) is 6. The summed E-state index contributed by atoms with van der Waals surface area (Å²) in [6.45, 7) is 2.12. The highest BCUT2D eigenvalue weighted by atomic mass is 16.6. The molecule has 1 unspecified atom stereocenters. The molecule has 0 spiro atoms. The van der Waals surface area contributed by atoms with Gasteiger partial charge in [-0.05, 0) is 19.8 Å². The molecule has 6 aliphatic rings. The average Bonchev–Trinajstić information content (AvgIpc) is 2.65. The summed E-state index contributed by atoms with van der Waals surface area (Å²) < 4.78 is 17.6. The smallest absolute Gasteiger partial charge is 0.217 e. The first-order valence-electron chi connectivity index (χ1n) is 9.72. The van der Waals surface area contributed by atoms with Crippen LogP contribution in [0.25, 0.3) is 0 Å². The number of hydrogen-bond acceptors (Lipinski definition) is 9. The molecule has 0 aromatic carbocycles. The van der Waals surface area contributed by atoms with Gasteiger partial charge in [0.1, 0.15) is 36.1 Å². The average molecular weight is 405 g/mol. The monoisotopic (exact) mass is 405 g/mol. The summed E-state index contributed by atoms with van der Waals surface area (Å²) >= 11 is 0. The van der Waals surface area contributed by atoms with Crippen LogP contribution in [-0.2, 0) is 19.0 Å². The van der Waals surface area contributed by atoms with Crippen molar-refractivity contribution in [1.82, 2.24) is 5.32 Å². The van der Waals surface area contributed by atoms with Crippen LogP contribution in [0.2, 0.25) is 0 Å². The van der Waals surface area contributed by atoms with Crippen molar-refractivity contribution in [2.45, 2.75) is 81.1 Å². The molecular weight excluding hydrogens is 374 g/mol. The molecule has 0 aromatic rings. The summed E-state index contributed by atoms with van der Waals surface area (Å²) in [7, 11) is 0. The summed E-state index contributed by atoms with van der Waals surface area (Å²) in [5.74, 6) is -1.29. The predicted molar refractivity (Wildman–Crippen MR) is 94.2 cm³/mol. The van der Waals surface area contributed by atoms with Crippen LogP contribution in [0, 0.1) is 5.92 Å². The molecule has 28 heavy (non-hydrogen) atoms. The Balaban J connectivity index is 2.10. The molecule has 6 rings (SSSR count). The zero-order valence-electron chi connectivity index (χ0n) is 16.1. The third kappa shape index (κ3) is 3.68. The van der Waals surface area contributed by atoms with E-state index in [0.717, 1.165) is 0 Å². The zero-order valence-corrected chi connectivity index (χ0v) is 16.1. The molecular formula is C18H31NO9. The van der Waals surface area contributed by atoms with E-state index in [1.165, 1.54) is 13.8 Å².